The normalized spacial score (nSPS) is 35.8. The average Bonchev–Trinajstić information content (AvgIpc) is 2.67. The molecule has 66 valence electrons. The summed E-state index contributed by atoms with van der Waals surface area (Å²) in [4.78, 5) is 12.0. The average molecular weight is 165 g/mol. The van der Waals surface area contributed by atoms with Gasteiger partial charge in [-0.15, -0.1) is 0 Å². The highest BCUT2D eigenvalue weighted by atomic mass is 14.7. The molecule has 0 saturated heterocycles. The van der Waals surface area contributed by atoms with Crippen molar-refractivity contribution in [3.05, 3.63) is 0 Å². The second-order valence-electron chi connectivity index (χ2n) is 2.95. The highest BCUT2D eigenvalue weighted by Crippen LogP contribution is 2.42. The van der Waals surface area contributed by atoms with Crippen molar-refractivity contribution in [3.63, 3.8) is 0 Å². The molecule has 0 heterocycles. The van der Waals surface area contributed by atoms with E-state index in [9.17, 15) is 0 Å². The first-order valence-electron chi connectivity index (χ1n) is 4.12. The summed E-state index contributed by atoms with van der Waals surface area (Å²) in [5, 5.41) is 0. The summed E-state index contributed by atoms with van der Waals surface area (Å²) in [6.07, 6.45) is 5.95. The fourth-order valence-corrected chi connectivity index (χ4v) is 1.50. The van der Waals surface area contributed by atoms with Crippen LogP contribution in [-0.4, -0.2) is 39.8 Å². The molecule has 0 amide bonds. The standard InChI is InChI=1S/C9H15N3/c1-10-4-7-8(5-11-2)9(7)6-12-3/h4-9H,1-3H3. The third-order valence-corrected chi connectivity index (χ3v) is 2.16. The third-order valence-electron chi connectivity index (χ3n) is 2.16. The minimum absolute atomic E-state index is 0.530. The molecular formula is C9H15N3. The summed E-state index contributed by atoms with van der Waals surface area (Å²) in [6, 6.07) is 0. The highest BCUT2D eigenvalue weighted by Gasteiger charge is 2.46. The molecule has 0 bridgehead atoms. The molecule has 3 nitrogen and oxygen atoms in total. The Kier molecular flexibility index (Phi) is 3.14. The Labute approximate surface area is 73.3 Å². The maximum Gasteiger partial charge on any atom is 0.0273 e. The Bertz CT molecular complexity index is 174. The smallest absolute Gasteiger partial charge is 0.0273 e. The van der Waals surface area contributed by atoms with E-state index in [2.05, 4.69) is 15.0 Å². The van der Waals surface area contributed by atoms with Crippen LogP contribution in [0.4, 0.5) is 0 Å². The second-order valence-corrected chi connectivity index (χ2v) is 2.95. The quantitative estimate of drug-likeness (QED) is 0.558. The first-order chi connectivity index (χ1) is 5.85. The van der Waals surface area contributed by atoms with E-state index >= 15 is 0 Å². The van der Waals surface area contributed by atoms with Gasteiger partial charge in [-0.2, -0.15) is 0 Å². The van der Waals surface area contributed by atoms with Gasteiger partial charge in [-0.3, -0.25) is 0 Å². The van der Waals surface area contributed by atoms with E-state index < -0.39 is 0 Å². The summed E-state index contributed by atoms with van der Waals surface area (Å²) < 4.78 is 0. The van der Waals surface area contributed by atoms with Crippen molar-refractivity contribution in [1.29, 1.82) is 0 Å². The Balaban J connectivity index is 2.54. The molecule has 0 atom stereocenters. The highest BCUT2D eigenvalue weighted by molar-refractivity contribution is 5.87. The largest absolute Gasteiger partial charge is 0.301 e. The maximum absolute atomic E-state index is 4.01. The van der Waals surface area contributed by atoms with E-state index in [1.807, 2.05) is 18.6 Å². The van der Waals surface area contributed by atoms with Crippen molar-refractivity contribution in [2.24, 2.45) is 32.7 Å². The topological polar surface area (TPSA) is 37.1 Å². The van der Waals surface area contributed by atoms with Gasteiger partial charge in [-0.25, -0.2) is 0 Å². The van der Waals surface area contributed by atoms with Gasteiger partial charge < -0.3 is 15.0 Å². The predicted octanol–water partition coefficient (Wildman–Crippen LogP) is 0.950. The number of hydrogen-bond acceptors (Lipinski definition) is 3. The van der Waals surface area contributed by atoms with Crippen molar-refractivity contribution in [1.82, 2.24) is 0 Å². The zero-order valence-corrected chi connectivity index (χ0v) is 7.81. The lowest BCUT2D eigenvalue weighted by Crippen LogP contribution is -1.83. The predicted molar refractivity (Wildman–Crippen MR) is 53.7 cm³/mol. The van der Waals surface area contributed by atoms with Gasteiger partial charge in [-0.05, 0) is 0 Å². The Morgan fingerprint density at radius 3 is 1.08 bits per heavy atom. The lowest BCUT2D eigenvalue weighted by Gasteiger charge is -1.79. The Hall–Kier alpha value is -0.990. The number of hydrogen-bond donors (Lipinski definition) is 0. The van der Waals surface area contributed by atoms with E-state index in [0.717, 1.165) is 0 Å². The third kappa shape index (κ3) is 1.78. The van der Waals surface area contributed by atoms with Crippen molar-refractivity contribution in [3.8, 4) is 0 Å². The maximum atomic E-state index is 4.01. The second kappa shape index (κ2) is 4.14. The summed E-state index contributed by atoms with van der Waals surface area (Å²) in [5.41, 5.74) is 0. The van der Waals surface area contributed by atoms with Crippen LogP contribution >= 0.6 is 0 Å². The summed E-state index contributed by atoms with van der Waals surface area (Å²) in [5.74, 6) is 1.59. The van der Waals surface area contributed by atoms with Gasteiger partial charge >= 0.3 is 0 Å². The van der Waals surface area contributed by atoms with Crippen LogP contribution in [0.25, 0.3) is 0 Å². The van der Waals surface area contributed by atoms with Gasteiger partial charge in [0.2, 0.25) is 0 Å². The molecule has 1 aliphatic carbocycles. The van der Waals surface area contributed by atoms with Crippen molar-refractivity contribution >= 4 is 18.6 Å². The Morgan fingerprint density at radius 1 is 0.667 bits per heavy atom. The molecule has 0 radical (unpaired) electrons. The van der Waals surface area contributed by atoms with Crippen LogP contribution in [0, 0.1) is 17.8 Å². The molecule has 1 fully saturated rings. The van der Waals surface area contributed by atoms with Crippen LogP contribution in [0.15, 0.2) is 15.0 Å². The van der Waals surface area contributed by atoms with Crippen LogP contribution in [0.5, 0.6) is 0 Å². The van der Waals surface area contributed by atoms with Crippen LogP contribution in [0.2, 0.25) is 0 Å². The van der Waals surface area contributed by atoms with Gasteiger partial charge in [0.05, 0.1) is 0 Å². The molecule has 3 heteroatoms. The van der Waals surface area contributed by atoms with Gasteiger partial charge in [0, 0.05) is 57.5 Å². The van der Waals surface area contributed by atoms with Crippen LogP contribution in [0.1, 0.15) is 0 Å². The lowest BCUT2D eigenvalue weighted by molar-refractivity contribution is 1.12. The van der Waals surface area contributed by atoms with Crippen LogP contribution in [0.3, 0.4) is 0 Å². The first-order valence-corrected chi connectivity index (χ1v) is 4.12. The molecule has 0 aromatic rings. The summed E-state index contributed by atoms with van der Waals surface area (Å²) in [6.45, 7) is 0. The first kappa shape index (κ1) is 9.10. The van der Waals surface area contributed by atoms with Crippen LogP contribution in [-0.2, 0) is 0 Å². The molecule has 0 aromatic heterocycles. The molecule has 0 unspecified atom stereocenters. The number of aliphatic imine (C=N–C) groups is 3. The fourth-order valence-electron chi connectivity index (χ4n) is 1.50. The van der Waals surface area contributed by atoms with E-state index in [1.54, 1.807) is 21.1 Å². The molecule has 1 aliphatic rings. The van der Waals surface area contributed by atoms with Crippen molar-refractivity contribution in [2.45, 2.75) is 0 Å². The minimum atomic E-state index is 0.530. The summed E-state index contributed by atoms with van der Waals surface area (Å²) in [7, 11) is 5.41. The molecule has 0 aromatic carbocycles. The zero-order valence-electron chi connectivity index (χ0n) is 7.81. The summed E-state index contributed by atoms with van der Waals surface area (Å²) >= 11 is 0. The van der Waals surface area contributed by atoms with Gasteiger partial charge in [-0.1, -0.05) is 0 Å². The SMILES string of the molecule is CN=CC1C(C=NC)C1C=NC. The molecule has 1 rings (SSSR count). The van der Waals surface area contributed by atoms with E-state index in [0.29, 0.717) is 17.8 Å². The van der Waals surface area contributed by atoms with Crippen molar-refractivity contribution < 1.29 is 0 Å². The minimum Gasteiger partial charge on any atom is -0.301 e. The van der Waals surface area contributed by atoms with Gasteiger partial charge in [0.1, 0.15) is 0 Å². The fraction of sp³-hybridized carbons (Fsp3) is 0.667. The Morgan fingerprint density at radius 2 is 0.917 bits per heavy atom. The number of rotatable bonds is 3. The molecule has 0 aliphatic heterocycles. The molecular weight excluding hydrogens is 150 g/mol. The van der Waals surface area contributed by atoms with Crippen LogP contribution < -0.4 is 0 Å². The monoisotopic (exact) mass is 165 g/mol. The van der Waals surface area contributed by atoms with E-state index in [4.69, 9.17) is 0 Å². The van der Waals surface area contributed by atoms with Crippen molar-refractivity contribution in [2.75, 3.05) is 21.1 Å². The molecule has 0 N–H and O–H groups in total. The lowest BCUT2D eigenvalue weighted by atomic mass is 10.3. The zero-order chi connectivity index (χ0) is 8.97. The van der Waals surface area contributed by atoms with E-state index in [-0.39, 0.29) is 0 Å². The van der Waals surface area contributed by atoms with E-state index in [1.165, 1.54) is 0 Å². The van der Waals surface area contributed by atoms with Gasteiger partial charge in [0.15, 0.2) is 0 Å². The molecule has 12 heavy (non-hydrogen) atoms. The van der Waals surface area contributed by atoms with Gasteiger partial charge in [0.25, 0.3) is 0 Å². The molecule has 1 saturated carbocycles. The molecule has 0 spiro atoms. The number of nitrogens with zero attached hydrogens (tertiary/aromatic N) is 3.